The van der Waals surface area contributed by atoms with Gasteiger partial charge in [0.05, 0.1) is 16.1 Å². The predicted molar refractivity (Wildman–Crippen MR) is 128 cm³/mol. The quantitative estimate of drug-likeness (QED) is 0.245. The summed E-state index contributed by atoms with van der Waals surface area (Å²) in [4.78, 5) is 44.2. The van der Waals surface area contributed by atoms with E-state index in [1.54, 1.807) is 31.2 Å². The predicted octanol–water partition coefficient (Wildman–Crippen LogP) is 4.74. The fourth-order valence-corrected chi connectivity index (χ4v) is 5.55. The minimum atomic E-state index is -1.26. The monoisotopic (exact) mass is 492 g/mol. The van der Waals surface area contributed by atoms with E-state index in [0.717, 1.165) is 21.8 Å². The summed E-state index contributed by atoms with van der Waals surface area (Å²) in [5.41, 5.74) is 1.37. The second-order valence-electron chi connectivity index (χ2n) is 8.61. The molecule has 1 saturated heterocycles. The Bertz CT molecular complexity index is 1440. The average molecular weight is 493 g/mol. The lowest BCUT2D eigenvalue weighted by Crippen LogP contribution is -2.29. The molecule has 1 N–H and O–H groups in total. The molecule has 2 aliphatic rings. The largest absolute Gasteiger partial charge is 0.507 e. The van der Waals surface area contributed by atoms with Gasteiger partial charge in [0.1, 0.15) is 29.5 Å². The molecule has 0 spiro atoms. The lowest BCUT2D eigenvalue weighted by atomic mass is 9.94. The van der Waals surface area contributed by atoms with Crippen molar-refractivity contribution in [2.75, 3.05) is 4.90 Å². The molecule has 0 unspecified atom stereocenters. The van der Waals surface area contributed by atoms with Gasteiger partial charge in [-0.25, -0.2) is 9.37 Å². The van der Waals surface area contributed by atoms with E-state index >= 15 is 4.39 Å². The maximum absolute atomic E-state index is 15.0. The summed E-state index contributed by atoms with van der Waals surface area (Å²) in [5.74, 6) is -2.53. The van der Waals surface area contributed by atoms with E-state index in [0.29, 0.717) is 28.3 Å². The van der Waals surface area contributed by atoms with Gasteiger partial charge in [0.2, 0.25) is 0 Å². The van der Waals surface area contributed by atoms with Gasteiger partial charge in [-0.2, -0.15) is 0 Å². The zero-order chi connectivity index (χ0) is 25.0. The first-order valence-electron chi connectivity index (χ1n) is 11.0. The highest BCUT2D eigenvalue weighted by Gasteiger charge is 2.49. The number of ether oxygens (including phenoxy) is 1. The molecule has 1 aromatic heterocycles. The number of rotatable bonds is 4. The minimum absolute atomic E-state index is 0.0185. The van der Waals surface area contributed by atoms with Gasteiger partial charge in [-0.1, -0.05) is 29.5 Å². The number of amides is 1. The molecule has 3 aromatic rings. The van der Waals surface area contributed by atoms with Crippen LogP contribution in [-0.4, -0.2) is 33.7 Å². The average Bonchev–Trinajstić information content (AvgIpc) is 3.46. The topological polar surface area (TPSA) is 96.8 Å². The number of fused-ring (bicyclic) bond motifs is 1. The summed E-state index contributed by atoms with van der Waals surface area (Å²) in [5, 5.41) is 11.4. The van der Waals surface area contributed by atoms with Crippen molar-refractivity contribution in [1.82, 2.24) is 4.98 Å². The molecule has 5 rings (SSSR count). The first-order valence-corrected chi connectivity index (χ1v) is 11.8. The molecule has 2 aliphatic heterocycles. The standard InChI is InChI=1S/C26H21FN2O5S/c1-12-10-16-11-15(8-9-19(16)34-12)22(31)20-21(17-6-4-5-7-18(17)27)29(25(33)23(20)32)26-28-13(2)24(35-26)14(3)30/h4-9,11-12,21,31H,10H2,1-3H3/b22-20+/t12-,21+/m0/s1. The van der Waals surface area contributed by atoms with Crippen LogP contribution < -0.4 is 9.64 Å². The van der Waals surface area contributed by atoms with Crippen molar-refractivity contribution in [2.45, 2.75) is 39.3 Å². The fraction of sp³-hybridized carbons (Fsp3) is 0.231. The molecular weight excluding hydrogens is 471 g/mol. The molecule has 35 heavy (non-hydrogen) atoms. The van der Waals surface area contributed by atoms with Gasteiger partial charge in [0.15, 0.2) is 10.9 Å². The van der Waals surface area contributed by atoms with Crippen LogP contribution >= 0.6 is 11.3 Å². The third-order valence-corrected chi connectivity index (χ3v) is 7.38. The number of Topliss-reactive ketones (excluding diaryl/α,β-unsaturated/α-hetero) is 2. The summed E-state index contributed by atoms with van der Waals surface area (Å²) < 4.78 is 20.7. The first-order chi connectivity index (χ1) is 16.7. The Kier molecular flexibility index (Phi) is 5.52. The third kappa shape index (κ3) is 3.72. The number of carbonyl (C=O) groups is 3. The van der Waals surface area contributed by atoms with Gasteiger partial charge in [-0.05, 0) is 43.7 Å². The Labute approximate surface area is 204 Å². The van der Waals surface area contributed by atoms with Crippen LogP contribution in [0, 0.1) is 12.7 Å². The number of halogens is 1. The molecule has 1 fully saturated rings. The van der Waals surface area contributed by atoms with Crippen molar-refractivity contribution in [3.63, 3.8) is 0 Å². The number of aromatic nitrogens is 1. The molecule has 0 aliphatic carbocycles. The molecule has 2 atom stereocenters. The zero-order valence-electron chi connectivity index (χ0n) is 19.2. The molecule has 0 saturated carbocycles. The number of aryl methyl sites for hydroxylation is 1. The van der Waals surface area contributed by atoms with Gasteiger partial charge in [-0.3, -0.25) is 19.3 Å². The number of ketones is 2. The summed E-state index contributed by atoms with van der Waals surface area (Å²) in [6.07, 6.45) is 0.614. The third-order valence-electron chi connectivity index (χ3n) is 6.12. The lowest BCUT2D eigenvalue weighted by molar-refractivity contribution is -0.132. The number of thiazole rings is 1. The van der Waals surface area contributed by atoms with Crippen LogP contribution in [0.15, 0.2) is 48.0 Å². The Morgan fingerprint density at radius 1 is 1.23 bits per heavy atom. The van der Waals surface area contributed by atoms with Crippen molar-refractivity contribution in [3.8, 4) is 5.75 Å². The molecule has 7 nitrogen and oxygen atoms in total. The van der Waals surface area contributed by atoms with Crippen molar-refractivity contribution in [3.05, 3.63) is 81.1 Å². The van der Waals surface area contributed by atoms with Gasteiger partial charge >= 0.3 is 5.91 Å². The summed E-state index contributed by atoms with van der Waals surface area (Å²) >= 11 is 0.950. The van der Waals surface area contributed by atoms with Crippen molar-refractivity contribution in [2.24, 2.45) is 0 Å². The Balaban J connectivity index is 1.71. The fourth-order valence-electron chi connectivity index (χ4n) is 4.56. The van der Waals surface area contributed by atoms with Crippen LogP contribution in [0.1, 0.15) is 51.9 Å². The van der Waals surface area contributed by atoms with E-state index in [9.17, 15) is 19.5 Å². The second kappa shape index (κ2) is 8.42. The SMILES string of the molecule is CC(=O)c1sc(N2C(=O)C(=O)/C(=C(/O)c3ccc4c(c3)C[C@H](C)O4)[C@H]2c2ccccc2F)nc1C. The van der Waals surface area contributed by atoms with Crippen molar-refractivity contribution in [1.29, 1.82) is 0 Å². The normalized spacial score (nSPS) is 20.7. The van der Waals surface area contributed by atoms with Gasteiger partial charge in [-0.15, -0.1) is 0 Å². The summed E-state index contributed by atoms with van der Waals surface area (Å²) in [6, 6.07) is 9.50. The van der Waals surface area contributed by atoms with Gasteiger partial charge in [0, 0.05) is 24.5 Å². The molecule has 9 heteroatoms. The van der Waals surface area contributed by atoms with E-state index in [2.05, 4.69) is 4.98 Å². The Morgan fingerprint density at radius 3 is 2.66 bits per heavy atom. The highest BCUT2D eigenvalue weighted by molar-refractivity contribution is 7.18. The molecular formula is C26H21FN2O5S. The van der Waals surface area contributed by atoms with E-state index in [-0.39, 0.29) is 28.2 Å². The van der Waals surface area contributed by atoms with Gasteiger partial charge < -0.3 is 9.84 Å². The molecule has 2 aromatic carbocycles. The zero-order valence-corrected chi connectivity index (χ0v) is 20.0. The van der Waals surface area contributed by atoms with Crippen LogP contribution in [0.2, 0.25) is 0 Å². The van der Waals surface area contributed by atoms with Crippen LogP contribution in [-0.2, 0) is 16.0 Å². The highest BCUT2D eigenvalue weighted by atomic mass is 32.1. The molecule has 178 valence electrons. The maximum atomic E-state index is 15.0. The van der Waals surface area contributed by atoms with Crippen molar-refractivity contribution >= 4 is 39.7 Å². The number of hydrogen-bond acceptors (Lipinski definition) is 7. The van der Waals surface area contributed by atoms with E-state index in [1.807, 2.05) is 6.92 Å². The smallest absolute Gasteiger partial charge is 0.301 e. The van der Waals surface area contributed by atoms with E-state index in [1.165, 1.54) is 25.1 Å². The van der Waals surface area contributed by atoms with Crippen LogP contribution in [0.3, 0.4) is 0 Å². The Hall–Kier alpha value is -3.85. The highest BCUT2D eigenvalue weighted by Crippen LogP contribution is 2.45. The maximum Gasteiger partial charge on any atom is 0.301 e. The summed E-state index contributed by atoms with van der Waals surface area (Å²) in [7, 11) is 0. The van der Waals surface area contributed by atoms with Crippen LogP contribution in [0.5, 0.6) is 5.75 Å². The number of nitrogens with zero attached hydrogens (tertiary/aromatic N) is 2. The van der Waals surface area contributed by atoms with Crippen LogP contribution in [0.4, 0.5) is 9.52 Å². The Morgan fingerprint density at radius 2 is 1.97 bits per heavy atom. The molecule has 0 radical (unpaired) electrons. The number of aliphatic hydroxyl groups excluding tert-OH is 1. The number of carbonyl (C=O) groups excluding carboxylic acids is 3. The number of hydrogen-bond donors (Lipinski definition) is 1. The molecule has 3 heterocycles. The summed E-state index contributed by atoms with van der Waals surface area (Å²) in [6.45, 7) is 4.93. The van der Waals surface area contributed by atoms with E-state index < -0.39 is 29.3 Å². The number of aliphatic hydroxyl groups is 1. The number of anilines is 1. The van der Waals surface area contributed by atoms with Crippen molar-refractivity contribution < 1.29 is 28.6 Å². The van der Waals surface area contributed by atoms with E-state index in [4.69, 9.17) is 4.74 Å². The molecule has 1 amide bonds. The minimum Gasteiger partial charge on any atom is -0.507 e. The first kappa shape index (κ1) is 22.9. The van der Waals surface area contributed by atoms with Crippen LogP contribution in [0.25, 0.3) is 5.76 Å². The lowest BCUT2D eigenvalue weighted by Gasteiger charge is -2.23. The second-order valence-corrected chi connectivity index (χ2v) is 9.59. The molecule has 0 bridgehead atoms. The number of benzene rings is 2. The van der Waals surface area contributed by atoms with Gasteiger partial charge in [0.25, 0.3) is 5.78 Å².